The highest BCUT2D eigenvalue weighted by Gasteiger charge is 2.28. The van der Waals surface area contributed by atoms with Crippen LogP contribution in [0, 0.1) is 0 Å². The summed E-state index contributed by atoms with van der Waals surface area (Å²) in [7, 11) is 3.30. The lowest BCUT2D eigenvalue weighted by Gasteiger charge is -2.27. The summed E-state index contributed by atoms with van der Waals surface area (Å²) in [4.78, 5) is 98.2. The number of benzene rings is 4. The van der Waals surface area contributed by atoms with Crippen LogP contribution in [0.2, 0.25) is 0 Å². The summed E-state index contributed by atoms with van der Waals surface area (Å²) >= 11 is 6.03. The van der Waals surface area contributed by atoms with E-state index in [1.165, 1.54) is 48.3 Å². The van der Waals surface area contributed by atoms with E-state index in [1.807, 2.05) is 108 Å². The largest absolute Gasteiger partial charge is 0.480 e. The van der Waals surface area contributed by atoms with Gasteiger partial charge in [-0.2, -0.15) is 10.2 Å². The molecule has 0 saturated carbocycles. The molecule has 0 saturated heterocycles. The van der Waals surface area contributed by atoms with Gasteiger partial charge in [-0.15, -0.1) is 69.3 Å². The second-order valence-corrected chi connectivity index (χ2v) is 29.5. The number of thiazole rings is 4. The topological polar surface area (TPSA) is 352 Å². The third-order valence-corrected chi connectivity index (χ3v) is 20.3. The molecule has 0 unspecified atom stereocenters. The van der Waals surface area contributed by atoms with Crippen molar-refractivity contribution in [1.29, 1.82) is 0 Å². The molecule has 4 aromatic carbocycles. The molecular weight excluding hydrogens is 1550 g/mol. The Bertz CT molecular complexity index is 4140. The van der Waals surface area contributed by atoms with Crippen molar-refractivity contribution in [2.24, 2.45) is 5.73 Å². The summed E-state index contributed by atoms with van der Waals surface area (Å²) in [6.07, 6.45) is 14.5. The number of carbonyl (C=O) groups is 6. The van der Waals surface area contributed by atoms with Gasteiger partial charge in [-0.25, -0.2) is 33.9 Å². The van der Waals surface area contributed by atoms with Gasteiger partial charge in [0, 0.05) is 98.0 Å². The van der Waals surface area contributed by atoms with E-state index in [2.05, 4.69) is 109 Å². The maximum absolute atomic E-state index is 14.1. The normalized spacial score (nSPS) is 12.5. The molecule has 0 aliphatic rings. The van der Waals surface area contributed by atoms with E-state index in [0.29, 0.717) is 50.6 Å². The lowest BCUT2D eigenvalue weighted by atomic mass is 9.96. The Morgan fingerprint density at radius 3 is 1.25 bits per heavy atom. The van der Waals surface area contributed by atoms with Crippen molar-refractivity contribution in [3.8, 4) is 0 Å². The number of aromatic nitrogens is 8. The Morgan fingerprint density at radius 2 is 0.897 bits per heavy atom. The quantitative estimate of drug-likeness (QED) is 0.0181. The van der Waals surface area contributed by atoms with Gasteiger partial charge < -0.3 is 62.2 Å². The van der Waals surface area contributed by atoms with Gasteiger partial charge in [0.25, 0.3) is 0 Å². The minimum Gasteiger partial charge on any atom is -0.480 e. The van der Waals surface area contributed by atoms with Crippen molar-refractivity contribution >= 4 is 105 Å². The molecule has 0 spiro atoms. The summed E-state index contributed by atoms with van der Waals surface area (Å²) in [5, 5.41) is 38.2. The summed E-state index contributed by atoms with van der Waals surface area (Å²) in [5.74, 6) is -0.793. The third kappa shape index (κ3) is 31.8. The number of urea groups is 2. The molecule has 0 aliphatic carbocycles. The third-order valence-electron chi connectivity index (χ3n) is 16.4. The molecule has 10 aromatic rings. The van der Waals surface area contributed by atoms with Gasteiger partial charge >= 0.3 is 30.2 Å². The van der Waals surface area contributed by atoms with Gasteiger partial charge in [0.05, 0.1) is 68.4 Å². The number of aliphatic carboxylic acids is 1. The van der Waals surface area contributed by atoms with Gasteiger partial charge in [-0.1, -0.05) is 149 Å². The molecule has 6 heterocycles. The van der Waals surface area contributed by atoms with Crippen LogP contribution in [-0.2, 0) is 84.1 Å². The van der Waals surface area contributed by atoms with Crippen LogP contribution < -0.4 is 32.3 Å². The molecule has 6 aromatic heterocycles. The smallest absolute Gasteiger partial charge is 0.407 e. The van der Waals surface area contributed by atoms with Crippen LogP contribution in [0.5, 0.6) is 0 Å². The summed E-state index contributed by atoms with van der Waals surface area (Å²) in [5.41, 5.74) is 22.2. The van der Waals surface area contributed by atoms with Crippen molar-refractivity contribution in [3.63, 3.8) is 0 Å². The average molecular weight is 1650 g/mol. The van der Waals surface area contributed by atoms with Gasteiger partial charge in [0.1, 0.15) is 25.3 Å². The second kappa shape index (κ2) is 46.5. The molecule has 0 bridgehead atoms. The number of nitrogens with zero attached hydrogens (tertiary/aromatic N) is 10. The Labute approximate surface area is 659 Å². The summed E-state index contributed by atoms with van der Waals surface area (Å²) in [6.45, 7) is 9.52. The fourth-order valence-corrected chi connectivity index (χ4v) is 13.5. The lowest BCUT2D eigenvalue weighted by molar-refractivity contribution is -0.139. The fraction of sp³-hybridized carbons (Fsp3) is 0.368. The monoisotopic (exact) mass is 1650 g/mol. The number of rotatable bonds is 35. The molecule has 572 valence electrons. The van der Waals surface area contributed by atoms with E-state index >= 15 is 0 Å². The highest BCUT2D eigenvalue weighted by molar-refractivity contribution is 14.0. The predicted octanol–water partition coefficient (Wildman–Crippen LogP) is 12.1. The maximum atomic E-state index is 14.1. The van der Waals surface area contributed by atoms with Crippen molar-refractivity contribution in [3.05, 3.63) is 246 Å². The van der Waals surface area contributed by atoms with Crippen LogP contribution in [0.25, 0.3) is 0 Å². The molecule has 0 fully saturated rings. The van der Waals surface area contributed by atoms with Crippen LogP contribution in [0.3, 0.4) is 0 Å². The fourth-order valence-electron chi connectivity index (χ4n) is 10.9. The van der Waals surface area contributed by atoms with E-state index in [4.69, 9.17) is 22.1 Å². The lowest BCUT2D eigenvalue weighted by Crippen LogP contribution is -2.54. The van der Waals surface area contributed by atoms with Crippen LogP contribution in [-0.4, -0.2) is 146 Å². The first-order valence-electron chi connectivity index (χ1n) is 35.1. The average Bonchev–Trinajstić information content (AvgIpc) is 1.44. The van der Waals surface area contributed by atoms with Crippen molar-refractivity contribution in [1.82, 2.24) is 75.9 Å². The molecule has 10 rings (SSSR count). The summed E-state index contributed by atoms with van der Waals surface area (Å²) < 4.78 is 18.7. The number of halogens is 1. The minimum atomic E-state index is -1.11. The molecular formula is C76H97IN16O10S4. The predicted molar refractivity (Wildman–Crippen MR) is 429 cm³/mol. The zero-order chi connectivity index (χ0) is 76.7. The zero-order valence-electron chi connectivity index (χ0n) is 61.7. The number of nitrogens with one attached hydrogen (secondary N) is 5. The number of alkyl carbamates (subject to hydrolysis) is 2. The van der Waals surface area contributed by atoms with Crippen LogP contribution >= 0.6 is 69.3 Å². The highest BCUT2D eigenvalue weighted by Crippen LogP contribution is 2.23. The molecule has 6 atom stereocenters. The number of ether oxygens (including phenoxy) is 2. The van der Waals surface area contributed by atoms with E-state index in [1.54, 1.807) is 102 Å². The number of nitrogens with two attached hydrogens (primary N) is 1. The van der Waals surface area contributed by atoms with E-state index in [-0.39, 0.29) is 80.4 Å². The highest BCUT2D eigenvalue weighted by atomic mass is 127. The van der Waals surface area contributed by atoms with Gasteiger partial charge in [-0.05, 0) is 85.8 Å². The molecule has 0 aliphatic heterocycles. The van der Waals surface area contributed by atoms with Crippen molar-refractivity contribution in [2.45, 2.75) is 167 Å². The Hall–Kier alpha value is -9.51. The molecule has 31 heteroatoms. The zero-order valence-corrected chi connectivity index (χ0v) is 66.3. The van der Waals surface area contributed by atoms with Crippen LogP contribution in [0.4, 0.5) is 19.2 Å². The number of hydrogen-bond donors (Lipinski definition) is 7. The summed E-state index contributed by atoms with van der Waals surface area (Å²) in [6, 6.07) is 40.4. The van der Waals surface area contributed by atoms with Crippen LogP contribution in [0.1, 0.15) is 120 Å². The molecule has 10 N–H and O–H groups in total. The standard InChI is InChI=1S/C38H46N8O4S2.C23H27N3O2S.C15H21N5O3S.HI.H2O/c1-27(2)36-42-32(25-51-36)22-45(3)37(48)44-34(23-46-18-10-17-40-46)35(47)41-30(19-28-11-6-4-7-12-28)15-16-31(20-29-13-8-5-9-14-29)43-38(49)50-24-33-21-39-26-52-33;24-20(13-18-7-3-1-4-8-18)11-12-21(14-19-9-5-2-6-10-19)26-23(27)28-16-22-15-25-17-29-22;1-10(2)13-17-11(9-24-13)7-19(3)15(23)18-12(14(21)22)8-20-6-4-5-16-20;;/h4-14,17-18,21,25-27,30-31,34H,15-16,19-20,22-24H2,1-3H3,(H,41,47)(H,43,49)(H,44,48);1-10,15,17,20-21H,11-14,16,24H2,(H,26,27);4-6,9-10,12H,7-8H2,1-3H3,(H,18,23)(H,21,22);1H;1H2/t30-,31-,34-;20-,21-;12-;;/m000../s1/i/hD. The first kappa shape index (κ1) is 84.7. The Balaban J connectivity index is 0.000000274. The Morgan fingerprint density at radius 1 is 0.523 bits per heavy atom. The van der Waals surface area contributed by atoms with E-state index in [0.717, 1.165) is 68.0 Å². The minimum absolute atomic E-state index is 0. The number of amides is 7. The van der Waals surface area contributed by atoms with E-state index in [9.17, 15) is 33.9 Å². The number of hydrogen-bond acceptors (Lipinski definition) is 19. The van der Waals surface area contributed by atoms with E-state index < -0.39 is 42.3 Å². The molecule has 0 radical (unpaired) electrons. The first-order chi connectivity index (χ1) is 51.8. The first-order valence-corrected chi connectivity index (χ1v) is 38.2. The van der Waals surface area contributed by atoms with Crippen LogP contribution in [0.15, 0.2) is 192 Å². The molecule has 107 heavy (non-hydrogen) atoms. The number of carboxylic acid groups (broad SMARTS) is 1. The van der Waals surface area contributed by atoms with Crippen molar-refractivity contribution in [2.75, 3.05) is 14.1 Å². The van der Waals surface area contributed by atoms with Gasteiger partial charge in [0.15, 0.2) is 0 Å². The molecule has 7 amide bonds. The maximum Gasteiger partial charge on any atom is 0.407 e. The van der Waals surface area contributed by atoms with Gasteiger partial charge in [-0.3, -0.25) is 24.1 Å². The van der Waals surface area contributed by atoms with Gasteiger partial charge in [0.2, 0.25) is 7.34 Å². The second-order valence-electron chi connectivity index (χ2n) is 25.8. The molecule has 26 nitrogen and oxygen atoms in total. The number of carbonyl (C=O) groups excluding carboxylic acids is 5. The van der Waals surface area contributed by atoms with Crippen molar-refractivity contribution < 1.29 is 50.3 Å². The SMILES string of the molecule is CC(C)c1nc(CN(C)C(=O)N[C@@H](Cn2cccn2)C(=O)N[C@@H](CC[C@@H](Cc2ccccc2)NC(=O)OCc2cncs2)Cc2ccccc2)cs1.CC(C)c1nc(CN(C)C(=O)N[C@@H](Cn2cccn2)C(=O)O)cs1.I.N[C@@H](CC[C@@H](Cc1ccccc1)NC(=O)OCc1cncs1)Cc1ccccc1.[2H]O. The number of carboxylic acids is 1. The Kier molecular flexibility index (Phi) is 36.9.